The predicted molar refractivity (Wildman–Crippen MR) is 73.7 cm³/mol. The van der Waals surface area contributed by atoms with Crippen LogP contribution < -0.4 is 10.5 Å². The SMILES string of the molecule is NS(=O)(=O)n1ccc(CNc2ccccc2)c1C(=O)O. The van der Waals surface area contributed by atoms with E-state index >= 15 is 0 Å². The normalized spacial score (nSPS) is 11.2. The number of anilines is 1. The van der Waals surface area contributed by atoms with Gasteiger partial charge in [0.25, 0.3) is 0 Å². The molecule has 1 aromatic carbocycles. The smallest absolute Gasteiger partial charge is 0.353 e. The van der Waals surface area contributed by atoms with Gasteiger partial charge in [0.2, 0.25) is 0 Å². The lowest BCUT2D eigenvalue weighted by Gasteiger charge is -2.07. The second-order valence-electron chi connectivity index (χ2n) is 4.06. The average molecular weight is 295 g/mol. The highest BCUT2D eigenvalue weighted by molar-refractivity contribution is 7.87. The minimum Gasteiger partial charge on any atom is -0.477 e. The highest BCUT2D eigenvalue weighted by Gasteiger charge is 2.21. The fourth-order valence-electron chi connectivity index (χ4n) is 1.79. The summed E-state index contributed by atoms with van der Waals surface area (Å²) in [6.07, 6.45) is 1.13. The number of nitrogens with one attached hydrogen (secondary N) is 1. The van der Waals surface area contributed by atoms with Crippen LogP contribution in [0.1, 0.15) is 16.1 Å². The molecular formula is C12H13N3O4S. The number of aromatic nitrogens is 1. The van der Waals surface area contributed by atoms with Crippen LogP contribution in [-0.4, -0.2) is 23.5 Å². The first kappa shape index (κ1) is 14.1. The molecule has 0 amide bonds. The number of carboxylic acid groups (broad SMARTS) is 1. The number of carboxylic acids is 1. The van der Waals surface area contributed by atoms with Crippen LogP contribution >= 0.6 is 0 Å². The number of nitrogens with zero attached hydrogens (tertiary/aromatic N) is 1. The first-order chi connectivity index (χ1) is 9.39. The quantitative estimate of drug-likeness (QED) is 0.756. The van der Waals surface area contributed by atoms with Crippen molar-refractivity contribution in [3.05, 3.63) is 53.9 Å². The molecule has 1 heterocycles. The van der Waals surface area contributed by atoms with Crippen molar-refractivity contribution in [1.29, 1.82) is 0 Å². The molecule has 0 aliphatic carbocycles. The minimum absolute atomic E-state index is 0.175. The van der Waals surface area contributed by atoms with Gasteiger partial charge >= 0.3 is 16.2 Å². The van der Waals surface area contributed by atoms with Crippen LogP contribution in [-0.2, 0) is 16.8 Å². The molecule has 0 atom stereocenters. The third-order valence-corrected chi connectivity index (χ3v) is 3.52. The molecule has 1 aromatic heterocycles. The highest BCUT2D eigenvalue weighted by atomic mass is 32.2. The van der Waals surface area contributed by atoms with E-state index in [9.17, 15) is 13.2 Å². The van der Waals surface area contributed by atoms with Gasteiger partial charge in [0.05, 0.1) is 0 Å². The van der Waals surface area contributed by atoms with Gasteiger partial charge in [-0.2, -0.15) is 8.42 Å². The first-order valence-corrected chi connectivity index (χ1v) is 7.15. The van der Waals surface area contributed by atoms with Crippen LogP contribution in [0.3, 0.4) is 0 Å². The van der Waals surface area contributed by atoms with Gasteiger partial charge in [-0.05, 0) is 18.2 Å². The molecule has 0 fully saturated rings. The van der Waals surface area contributed by atoms with Gasteiger partial charge in [0, 0.05) is 24.0 Å². The lowest BCUT2D eigenvalue weighted by molar-refractivity contribution is 0.0688. The lowest BCUT2D eigenvalue weighted by Crippen LogP contribution is -2.25. The average Bonchev–Trinajstić information content (AvgIpc) is 2.81. The van der Waals surface area contributed by atoms with Gasteiger partial charge in [-0.25, -0.2) is 13.9 Å². The van der Waals surface area contributed by atoms with Crippen molar-refractivity contribution in [3.8, 4) is 0 Å². The zero-order valence-corrected chi connectivity index (χ0v) is 11.2. The van der Waals surface area contributed by atoms with Crippen molar-refractivity contribution in [2.45, 2.75) is 6.54 Å². The molecule has 0 saturated carbocycles. The van der Waals surface area contributed by atoms with Gasteiger partial charge in [-0.3, -0.25) is 0 Å². The van der Waals surface area contributed by atoms with E-state index < -0.39 is 16.2 Å². The number of para-hydroxylation sites is 1. The Morgan fingerprint density at radius 2 is 1.90 bits per heavy atom. The number of hydrogen-bond donors (Lipinski definition) is 3. The summed E-state index contributed by atoms with van der Waals surface area (Å²) in [5, 5.41) is 17.1. The first-order valence-electron chi connectivity index (χ1n) is 5.65. The van der Waals surface area contributed by atoms with E-state index in [1.54, 1.807) is 0 Å². The summed E-state index contributed by atoms with van der Waals surface area (Å²) in [5.41, 5.74) is 0.763. The molecule has 4 N–H and O–H groups in total. The molecule has 0 saturated heterocycles. The van der Waals surface area contributed by atoms with Gasteiger partial charge in [0.1, 0.15) is 5.69 Å². The molecule has 0 aliphatic rings. The third-order valence-electron chi connectivity index (χ3n) is 2.67. The number of hydrogen-bond acceptors (Lipinski definition) is 4. The Hall–Kier alpha value is -2.32. The summed E-state index contributed by atoms with van der Waals surface area (Å²) >= 11 is 0. The zero-order valence-electron chi connectivity index (χ0n) is 10.4. The monoisotopic (exact) mass is 295 g/mol. The van der Waals surface area contributed by atoms with Gasteiger partial charge in [0.15, 0.2) is 0 Å². The fraction of sp³-hybridized carbons (Fsp3) is 0.0833. The molecule has 0 spiro atoms. The Morgan fingerprint density at radius 1 is 1.25 bits per heavy atom. The zero-order chi connectivity index (χ0) is 14.8. The third kappa shape index (κ3) is 2.98. The van der Waals surface area contributed by atoms with Crippen molar-refractivity contribution in [2.24, 2.45) is 5.14 Å². The van der Waals surface area contributed by atoms with Crippen LogP contribution in [0.4, 0.5) is 5.69 Å². The molecule has 2 aromatic rings. The summed E-state index contributed by atoms with van der Waals surface area (Å²) in [5.74, 6) is -1.35. The van der Waals surface area contributed by atoms with Gasteiger partial charge in [-0.1, -0.05) is 18.2 Å². The largest absolute Gasteiger partial charge is 0.477 e. The maximum absolute atomic E-state index is 11.3. The maximum Gasteiger partial charge on any atom is 0.353 e. The molecule has 2 rings (SSSR count). The Balaban J connectivity index is 2.29. The van der Waals surface area contributed by atoms with Crippen LogP contribution in [0.15, 0.2) is 42.6 Å². The van der Waals surface area contributed by atoms with Crippen molar-refractivity contribution < 1.29 is 18.3 Å². The number of benzene rings is 1. The molecule has 7 nitrogen and oxygen atoms in total. The Labute approximate surface area is 115 Å². The minimum atomic E-state index is -4.13. The van der Waals surface area contributed by atoms with E-state index in [0.717, 1.165) is 11.9 Å². The van der Waals surface area contributed by atoms with E-state index in [1.165, 1.54) is 6.07 Å². The molecule has 0 unspecified atom stereocenters. The summed E-state index contributed by atoms with van der Waals surface area (Å²) in [6, 6.07) is 10.6. The standard InChI is InChI=1S/C12H13N3O4S/c13-20(18,19)15-7-6-9(11(15)12(16)17)8-14-10-4-2-1-3-5-10/h1-7,14H,8H2,(H,16,17)(H2,13,18,19). The molecule has 8 heteroatoms. The summed E-state index contributed by atoms with van der Waals surface area (Å²) in [4.78, 5) is 11.2. The van der Waals surface area contributed by atoms with Crippen LogP contribution in [0.25, 0.3) is 0 Å². The van der Waals surface area contributed by atoms with E-state index in [4.69, 9.17) is 10.2 Å². The summed E-state index contributed by atoms with van der Waals surface area (Å²) in [6.45, 7) is 0.175. The Kier molecular flexibility index (Phi) is 3.77. The molecule has 0 radical (unpaired) electrons. The van der Waals surface area contributed by atoms with Gasteiger partial charge in [-0.15, -0.1) is 0 Å². The van der Waals surface area contributed by atoms with Crippen molar-refractivity contribution >= 4 is 21.9 Å². The Bertz CT molecular complexity index is 722. The van der Waals surface area contributed by atoms with E-state index in [-0.39, 0.29) is 12.2 Å². The van der Waals surface area contributed by atoms with E-state index in [2.05, 4.69) is 5.32 Å². The predicted octanol–water partition coefficient (Wildman–Crippen LogP) is 0.850. The molecule has 0 bridgehead atoms. The van der Waals surface area contributed by atoms with Crippen LogP contribution in [0, 0.1) is 0 Å². The second-order valence-corrected chi connectivity index (χ2v) is 5.48. The van der Waals surface area contributed by atoms with Crippen LogP contribution in [0.2, 0.25) is 0 Å². The molecule has 20 heavy (non-hydrogen) atoms. The Morgan fingerprint density at radius 3 is 2.45 bits per heavy atom. The van der Waals surface area contributed by atoms with Crippen molar-refractivity contribution in [3.63, 3.8) is 0 Å². The second kappa shape index (κ2) is 5.35. The number of nitrogens with two attached hydrogens (primary N) is 1. The summed E-state index contributed by atoms with van der Waals surface area (Å²) in [7, 11) is -4.13. The topological polar surface area (TPSA) is 114 Å². The van der Waals surface area contributed by atoms with Crippen molar-refractivity contribution in [1.82, 2.24) is 3.97 Å². The molecular weight excluding hydrogens is 282 g/mol. The van der Waals surface area contributed by atoms with Gasteiger partial charge < -0.3 is 10.4 Å². The van der Waals surface area contributed by atoms with Crippen LogP contribution in [0.5, 0.6) is 0 Å². The lowest BCUT2D eigenvalue weighted by atomic mass is 10.2. The maximum atomic E-state index is 11.3. The fourth-order valence-corrected chi connectivity index (χ4v) is 2.47. The van der Waals surface area contributed by atoms with E-state index in [0.29, 0.717) is 9.54 Å². The van der Waals surface area contributed by atoms with Crippen molar-refractivity contribution in [2.75, 3.05) is 5.32 Å². The summed E-state index contributed by atoms with van der Waals surface area (Å²) < 4.78 is 23.2. The number of rotatable bonds is 5. The van der Waals surface area contributed by atoms with E-state index in [1.807, 2.05) is 30.3 Å². The number of aromatic carboxylic acids is 1. The number of carbonyl (C=O) groups is 1. The molecule has 0 aliphatic heterocycles. The molecule has 106 valence electrons. The highest BCUT2D eigenvalue weighted by Crippen LogP contribution is 2.15.